The summed E-state index contributed by atoms with van der Waals surface area (Å²) in [5.41, 5.74) is -0.113. The van der Waals surface area contributed by atoms with Crippen LogP contribution in [0.2, 0.25) is 0 Å². The molecule has 2 aromatic rings. The number of hydrogen-bond acceptors (Lipinski definition) is 4. The smallest absolute Gasteiger partial charge is 0.549 e. The molecule has 0 aliphatic heterocycles. The zero-order valence-corrected chi connectivity index (χ0v) is 17.9. The molecule has 0 aliphatic rings. The largest absolute Gasteiger partial charge is 2.00 e. The zero-order valence-electron chi connectivity index (χ0n) is 16.5. The summed E-state index contributed by atoms with van der Waals surface area (Å²) in [4.78, 5) is 21.9. The van der Waals surface area contributed by atoms with Crippen LogP contribution in [0.5, 0.6) is 0 Å². The van der Waals surface area contributed by atoms with Gasteiger partial charge in [-0.15, -0.1) is 0 Å². The number of aliphatic carboxylic acids is 2. The number of carboxylic acid groups (broad SMARTS) is 2. The van der Waals surface area contributed by atoms with E-state index in [2.05, 4.69) is 0 Å². The number of carbonyl (C=O) groups is 2. The molecule has 2 atom stereocenters. The van der Waals surface area contributed by atoms with Gasteiger partial charge in [0.2, 0.25) is 0 Å². The van der Waals surface area contributed by atoms with Crippen molar-refractivity contribution in [3.8, 4) is 0 Å². The maximum absolute atomic E-state index is 10.9. The van der Waals surface area contributed by atoms with Crippen molar-refractivity contribution in [2.45, 2.75) is 51.4 Å². The summed E-state index contributed by atoms with van der Waals surface area (Å²) in [6.07, 6.45) is 1.08. The first-order chi connectivity index (χ1) is 12.2. The van der Waals surface area contributed by atoms with Gasteiger partial charge < -0.3 is 19.8 Å². The first-order valence-corrected chi connectivity index (χ1v) is 8.76. The van der Waals surface area contributed by atoms with Gasteiger partial charge in [-0.3, -0.25) is 0 Å². The zero-order chi connectivity index (χ0) is 19.8. The van der Waals surface area contributed by atoms with Crippen molar-refractivity contribution in [3.05, 3.63) is 71.8 Å². The quantitative estimate of drug-likeness (QED) is 0.718. The molecule has 0 amide bonds. The van der Waals surface area contributed by atoms with E-state index in [1.165, 1.54) is 0 Å². The van der Waals surface area contributed by atoms with Gasteiger partial charge in [0.25, 0.3) is 0 Å². The Morgan fingerprint density at radius 2 is 0.963 bits per heavy atom. The minimum atomic E-state index is -1.01. The van der Waals surface area contributed by atoms with Gasteiger partial charge in [0.15, 0.2) is 0 Å². The molecule has 0 bridgehead atoms. The van der Waals surface area contributed by atoms with Crippen molar-refractivity contribution in [3.63, 3.8) is 0 Å². The Labute approximate surface area is 177 Å². The van der Waals surface area contributed by atoms with E-state index in [0.717, 1.165) is 11.1 Å². The molecule has 0 fully saturated rings. The standard InChI is InChI=1S/2C11H14O2.Mg/c2*1-3-11(2,10(12)13)9-7-5-4-6-8-9;/h2*4-8H,3H2,1-2H3,(H,12,13);/q;;+2/p-2. The Balaban J connectivity index is 0.000000483. The fourth-order valence-electron chi connectivity index (χ4n) is 2.54. The maximum Gasteiger partial charge on any atom is 2.00 e. The fourth-order valence-corrected chi connectivity index (χ4v) is 2.54. The predicted molar refractivity (Wildman–Crippen MR) is 104 cm³/mol. The summed E-state index contributed by atoms with van der Waals surface area (Å²) < 4.78 is 0. The van der Waals surface area contributed by atoms with E-state index < -0.39 is 22.8 Å². The van der Waals surface area contributed by atoms with Crippen molar-refractivity contribution in [2.75, 3.05) is 0 Å². The first-order valence-electron chi connectivity index (χ1n) is 8.76. The van der Waals surface area contributed by atoms with E-state index in [9.17, 15) is 19.8 Å². The van der Waals surface area contributed by atoms with Crippen LogP contribution in [0.1, 0.15) is 51.7 Å². The molecule has 0 radical (unpaired) electrons. The van der Waals surface area contributed by atoms with E-state index in [1.54, 1.807) is 13.8 Å². The molecule has 2 unspecified atom stereocenters. The third-order valence-electron chi connectivity index (χ3n) is 5.14. The first kappa shape index (κ1) is 25.1. The molecule has 140 valence electrons. The van der Waals surface area contributed by atoms with Crippen molar-refractivity contribution in [1.29, 1.82) is 0 Å². The van der Waals surface area contributed by atoms with Gasteiger partial charge in [-0.1, -0.05) is 88.4 Å². The molecule has 2 rings (SSSR count). The summed E-state index contributed by atoms with van der Waals surface area (Å²) >= 11 is 0. The average Bonchev–Trinajstić information content (AvgIpc) is 2.68. The van der Waals surface area contributed by atoms with Gasteiger partial charge >= 0.3 is 23.1 Å². The molecule has 0 saturated heterocycles. The second-order valence-corrected chi connectivity index (χ2v) is 6.68. The Hall–Kier alpha value is -1.85. The van der Waals surface area contributed by atoms with Crippen LogP contribution < -0.4 is 10.2 Å². The second-order valence-electron chi connectivity index (χ2n) is 6.68. The van der Waals surface area contributed by atoms with E-state index in [4.69, 9.17) is 0 Å². The Bertz CT molecular complexity index is 654. The van der Waals surface area contributed by atoms with E-state index >= 15 is 0 Å². The summed E-state index contributed by atoms with van der Waals surface area (Å²) in [5.74, 6) is -2.03. The topological polar surface area (TPSA) is 80.3 Å². The molecular weight excluding hydrogens is 353 g/mol. The van der Waals surface area contributed by atoms with Crippen LogP contribution in [0, 0.1) is 0 Å². The number of carbonyl (C=O) groups excluding carboxylic acids is 2. The van der Waals surface area contributed by atoms with Crippen LogP contribution in [-0.2, 0) is 20.4 Å². The normalized spacial score (nSPS) is 14.4. The molecule has 0 aliphatic carbocycles. The molecule has 2 aromatic carbocycles. The third-order valence-corrected chi connectivity index (χ3v) is 5.14. The minimum Gasteiger partial charge on any atom is -0.549 e. The molecule has 0 heterocycles. The van der Waals surface area contributed by atoms with Crippen LogP contribution in [-0.4, -0.2) is 35.0 Å². The van der Waals surface area contributed by atoms with Crippen LogP contribution in [0.4, 0.5) is 0 Å². The molecule has 0 spiro atoms. The summed E-state index contributed by atoms with van der Waals surface area (Å²) in [6, 6.07) is 18.4. The third kappa shape index (κ3) is 6.08. The SMILES string of the molecule is CCC(C)(C(=O)[O-])c1ccccc1.CCC(C)(C(=O)[O-])c1ccccc1.[Mg+2]. The predicted octanol–water partition coefficient (Wildman–Crippen LogP) is 1.83. The van der Waals surface area contributed by atoms with E-state index in [0.29, 0.717) is 12.8 Å². The van der Waals surface area contributed by atoms with E-state index in [-0.39, 0.29) is 23.1 Å². The van der Waals surface area contributed by atoms with Crippen molar-refractivity contribution < 1.29 is 19.8 Å². The van der Waals surface area contributed by atoms with Crippen molar-refractivity contribution >= 4 is 35.0 Å². The molecule has 5 heteroatoms. The van der Waals surface area contributed by atoms with E-state index in [1.807, 2.05) is 74.5 Å². The number of benzene rings is 2. The van der Waals surface area contributed by atoms with Gasteiger partial charge in [-0.25, -0.2) is 0 Å². The van der Waals surface area contributed by atoms with Gasteiger partial charge in [-0.05, 0) is 24.0 Å². The van der Waals surface area contributed by atoms with Crippen molar-refractivity contribution in [2.24, 2.45) is 0 Å². The number of rotatable bonds is 6. The number of hydrogen-bond donors (Lipinski definition) is 0. The van der Waals surface area contributed by atoms with Gasteiger partial charge in [-0.2, -0.15) is 0 Å². The summed E-state index contributed by atoms with van der Waals surface area (Å²) in [6.45, 7) is 7.08. The maximum atomic E-state index is 10.9. The fraction of sp³-hybridized carbons (Fsp3) is 0.364. The summed E-state index contributed by atoms with van der Waals surface area (Å²) in [5, 5.41) is 21.9. The molecule has 0 saturated carbocycles. The molecule has 0 aromatic heterocycles. The average molecular weight is 379 g/mol. The summed E-state index contributed by atoms with van der Waals surface area (Å²) in [7, 11) is 0. The Morgan fingerprint density at radius 3 is 1.15 bits per heavy atom. The minimum absolute atomic E-state index is 0. The molecule has 4 nitrogen and oxygen atoms in total. The van der Waals surface area contributed by atoms with Crippen LogP contribution in [0.3, 0.4) is 0 Å². The number of carboxylic acids is 2. The Morgan fingerprint density at radius 1 is 0.704 bits per heavy atom. The van der Waals surface area contributed by atoms with Gasteiger partial charge in [0, 0.05) is 10.8 Å². The van der Waals surface area contributed by atoms with Crippen LogP contribution in [0.15, 0.2) is 60.7 Å². The van der Waals surface area contributed by atoms with Gasteiger partial charge in [0.1, 0.15) is 0 Å². The molecule has 0 N–H and O–H groups in total. The molecular formula is C22H26MgO4. The molecule has 27 heavy (non-hydrogen) atoms. The monoisotopic (exact) mass is 378 g/mol. The van der Waals surface area contributed by atoms with Gasteiger partial charge in [0.05, 0.1) is 11.9 Å². The van der Waals surface area contributed by atoms with Crippen LogP contribution >= 0.6 is 0 Å². The Kier molecular flexibility index (Phi) is 10.3. The van der Waals surface area contributed by atoms with Crippen molar-refractivity contribution in [1.82, 2.24) is 0 Å². The van der Waals surface area contributed by atoms with Crippen LogP contribution in [0.25, 0.3) is 0 Å². The second kappa shape index (κ2) is 11.1.